The van der Waals surface area contributed by atoms with E-state index in [1.807, 2.05) is 77.7 Å². The Bertz CT molecular complexity index is 1640. The van der Waals surface area contributed by atoms with Gasteiger partial charge < -0.3 is 4.90 Å². The van der Waals surface area contributed by atoms with Gasteiger partial charge in [-0.15, -0.1) is 0 Å². The Hall–Kier alpha value is -4.22. The Labute approximate surface area is 218 Å². The van der Waals surface area contributed by atoms with Gasteiger partial charge in [0, 0.05) is 16.3 Å². The van der Waals surface area contributed by atoms with Crippen molar-refractivity contribution in [1.29, 1.82) is 0 Å². The zero-order valence-electron chi connectivity index (χ0n) is 19.6. The van der Waals surface area contributed by atoms with Crippen LogP contribution in [-0.4, -0.2) is 29.7 Å². The van der Waals surface area contributed by atoms with Crippen LogP contribution in [0.4, 0.5) is 11.4 Å². The Kier molecular flexibility index (Phi) is 4.85. The first-order valence-corrected chi connectivity index (χ1v) is 12.6. The number of halogens is 1. The summed E-state index contributed by atoms with van der Waals surface area (Å²) in [7, 11) is 0. The third-order valence-electron chi connectivity index (χ3n) is 7.80. The zero-order valence-corrected chi connectivity index (χ0v) is 20.4. The lowest BCUT2D eigenvalue weighted by Gasteiger charge is -2.36. The van der Waals surface area contributed by atoms with E-state index in [1.54, 1.807) is 30.3 Å². The van der Waals surface area contributed by atoms with Crippen molar-refractivity contribution in [3.63, 3.8) is 0 Å². The number of rotatable bonds is 3. The molecule has 0 N–H and O–H groups in total. The molecule has 5 nitrogen and oxygen atoms in total. The summed E-state index contributed by atoms with van der Waals surface area (Å²) < 4.78 is 0. The van der Waals surface area contributed by atoms with Gasteiger partial charge in [-0.1, -0.05) is 72.3 Å². The third-order valence-corrected chi connectivity index (χ3v) is 8.06. The van der Waals surface area contributed by atoms with Crippen LogP contribution >= 0.6 is 11.6 Å². The Morgan fingerprint density at radius 1 is 0.757 bits per heavy atom. The van der Waals surface area contributed by atoms with E-state index in [2.05, 4.69) is 0 Å². The molecule has 0 radical (unpaired) electrons. The summed E-state index contributed by atoms with van der Waals surface area (Å²) >= 11 is 6.08. The normalized spacial score (nSPS) is 23.8. The van der Waals surface area contributed by atoms with Gasteiger partial charge in [0.1, 0.15) is 6.04 Å². The molecule has 0 spiro atoms. The van der Waals surface area contributed by atoms with E-state index in [4.69, 9.17) is 11.6 Å². The van der Waals surface area contributed by atoms with Gasteiger partial charge in [0.05, 0.1) is 23.6 Å². The second-order valence-electron chi connectivity index (χ2n) is 9.73. The second kappa shape index (κ2) is 8.15. The van der Waals surface area contributed by atoms with Crippen molar-refractivity contribution in [2.24, 2.45) is 11.8 Å². The van der Waals surface area contributed by atoms with E-state index >= 15 is 0 Å². The van der Waals surface area contributed by atoms with Crippen molar-refractivity contribution < 1.29 is 14.4 Å². The van der Waals surface area contributed by atoms with Gasteiger partial charge in [-0.2, -0.15) is 0 Å². The highest BCUT2D eigenvalue weighted by atomic mass is 35.5. The number of para-hydroxylation sites is 1. The van der Waals surface area contributed by atoms with Crippen molar-refractivity contribution in [3.8, 4) is 0 Å². The molecule has 0 aromatic heterocycles. The van der Waals surface area contributed by atoms with Crippen molar-refractivity contribution in [2.45, 2.75) is 12.1 Å². The predicted molar refractivity (Wildman–Crippen MR) is 145 cm³/mol. The molecule has 6 heteroatoms. The first kappa shape index (κ1) is 22.0. The number of carbonyl (C=O) groups excluding carboxylic acids is 3. The molecule has 2 saturated heterocycles. The number of nitrogens with zero attached hydrogens (tertiary/aromatic N) is 2. The van der Waals surface area contributed by atoms with Crippen LogP contribution in [-0.2, 0) is 9.59 Å². The molecule has 2 amide bonds. The molecule has 7 rings (SSSR count). The second-order valence-corrected chi connectivity index (χ2v) is 10.2. The van der Waals surface area contributed by atoms with Crippen molar-refractivity contribution in [2.75, 3.05) is 9.80 Å². The predicted octanol–water partition coefficient (Wildman–Crippen LogP) is 5.77. The van der Waals surface area contributed by atoms with E-state index in [0.29, 0.717) is 16.3 Å². The summed E-state index contributed by atoms with van der Waals surface area (Å²) in [4.78, 5) is 45.3. The molecule has 0 saturated carbocycles. The fourth-order valence-corrected chi connectivity index (χ4v) is 6.29. The number of hydrogen-bond donors (Lipinski definition) is 0. The van der Waals surface area contributed by atoms with Crippen LogP contribution in [0.3, 0.4) is 0 Å². The molecule has 4 aromatic rings. The molecule has 37 heavy (non-hydrogen) atoms. The molecule has 4 unspecified atom stereocenters. The molecule has 0 bridgehead atoms. The summed E-state index contributed by atoms with van der Waals surface area (Å²) in [6.45, 7) is 0. The monoisotopic (exact) mass is 504 g/mol. The van der Waals surface area contributed by atoms with Crippen LogP contribution < -0.4 is 9.80 Å². The maximum atomic E-state index is 14.1. The molecular weight excluding hydrogens is 484 g/mol. The van der Waals surface area contributed by atoms with Crippen LogP contribution in [0.15, 0.2) is 97.1 Å². The number of anilines is 2. The molecule has 3 heterocycles. The highest BCUT2D eigenvalue weighted by Gasteiger charge is 2.64. The number of amides is 2. The van der Waals surface area contributed by atoms with Gasteiger partial charge in [-0.25, -0.2) is 4.90 Å². The highest BCUT2D eigenvalue weighted by molar-refractivity contribution is 6.30. The number of fused-ring (bicyclic) bond motifs is 6. The van der Waals surface area contributed by atoms with E-state index in [9.17, 15) is 14.4 Å². The van der Waals surface area contributed by atoms with E-state index in [1.165, 1.54) is 4.90 Å². The Morgan fingerprint density at radius 2 is 1.46 bits per heavy atom. The average molecular weight is 505 g/mol. The van der Waals surface area contributed by atoms with Gasteiger partial charge in [0.15, 0.2) is 5.78 Å². The molecule has 180 valence electrons. The van der Waals surface area contributed by atoms with Gasteiger partial charge in [-0.3, -0.25) is 14.4 Å². The van der Waals surface area contributed by atoms with Gasteiger partial charge in [0.25, 0.3) is 0 Å². The lowest BCUT2D eigenvalue weighted by atomic mass is 9.86. The molecule has 3 aliphatic rings. The van der Waals surface area contributed by atoms with Gasteiger partial charge in [-0.05, 0) is 58.8 Å². The lowest BCUT2D eigenvalue weighted by Crippen LogP contribution is -2.48. The summed E-state index contributed by atoms with van der Waals surface area (Å²) in [6.07, 6.45) is 3.95. The summed E-state index contributed by atoms with van der Waals surface area (Å²) in [5, 5.41) is 2.50. The largest absolute Gasteiger partial charge is 0.352 e. The molecule has 0 aliphatic carbocycles. The van der Waals surface area contributed by atoms with Gasteiger partial charge in [0.2, 0.25) is 11.8 Å². The van der Waals surface area contributed by atoms with Gasteiger partial charge >= 0.3 is 0 Å². The first-order valence-electron chi connectivity index (χ1n) is 12.2. The summed E-state index contributed by atoms with van der Waals surface area (Å²) in [5.41, 5.74) is 2.81. The molecule has 4 atom stereocenters. The molecule has 2 fully saturated rings. The fraction of sp³-hybridized carbons (Fsp3) is 0.129. The highest BCUT2D eigenvalue weighted by Crippen LogP contribution is 2.50. The molecule has 3 aliphatic heterocycles. The molecular formula is C31H21ClN2O3. The number of benzene rings is 4. The lowest BCUT2D eigenvalue weighted by molar-refractivity contribution is -0.122. The number of carbonyl (C=O) groups is 3. The average Bonchev–Trinajstić information content (AvgIpc) is 3.41. The van der Waals surface area contributed by atoms with Crippen LogP contribution in [0.2, 0.25) is 5.02 Å². The SMILES string of the molecule is O=C(c1ccc(Cl)cc1)C1C2C(=O)N(c3ccc4ccccc4c3)C(=O)C2C2C=Cc3ccccc3N21. The quantitative estimate of drug-likeness (QED) is 0.263. The summed E-state index contributed by atoms with van der Waals surface area (Å²) in [6, 6.07) is 26.7. The number of ketones is 1. The van der Waals surface area contributed by atoms with Crippen molar-refractivity contribution >= 4 is 57.4 Å². The van der Waals surface area contributed by atoms with Crippen molar-refractivity contribution in [3.05, 3.63) is 113 Å². The molecule has 4 aromatic carbocycles. The van der Waals surface area contributed by atoms with Crippen molar-refractivity contribution in [1.82, 2.24) is 0 Å². The smallest absolute Gasteiger partial charge is 0.240 e. The first-order chi connectivity index (χ1) is 18.0. The van der Waals surface area contributed by atoms with E-state index in [0.717, 1.165) is 22.0 Å². The number of imide groups is 1. The standard InChI is InChI=1S/C31H21ClN2O3/c32-22-13-9-20(10-14-22)29(35)28-27-26(25-16-12-19-6-3-4-8-24(19)34(25)28)30(36)33(31(27)37)23-15-11-18-5-1-2-7-21(18)17-23/h1-17,25-28H. The summed E-state index contributed by atoms with van der Waals surface area (Å²) in [5.74, 6) is -2.26. The fourth-order valence-electron chi connectivity index (χ4n) is 6.17. The topological polar surface area (TPSA) is 57.7 Å². The minimum absolute atomic E-state index is 0.194. The van der Waals surface area contributed by atoms with E-state index in [-0.39, 0.29) is 17.6 Å². The minimum atomic E-state index is -0.816. The Balaban J connectivity index is 1.36. The van der Waals surface area contributed by atoms with Crippen LogP contribution in [0.5, 0.6) is 0 Å². The number of Topliss-reactive ketones (excluding diaryl/α,β-unsaturated/α-hetero) is 1. The minimum Gasteiger partial charge on any atom is -0.352 e. The van der Waals surface area contributed by atoms with Crippen LogP contribution in [0.25, 0.3) is 16.8 Å². The maximum absolute atomic E-state index is 14.1. The third kappa shape index (κ3) is 3.20. The zero-order chi connectivity index (χ0) is 25.3. The Morgan fingerprint density at radius 3 is 2.27 bits per heavy atom. The van der Waals surface area contributed by atoms with Crippen LogP contribution in [0, 0.1) is 11.8 Å². The maximum Gasteiger partial charge on any atom is 0.240 e. The van der Waals surface area contributed by atoms with Crippen LogP contribution in [0.1, 0.15) is 15.9 Å². The van der Waals surface area contributed by atoms with E-state index < -0.39 is 23.9 Å². The number of hydrogen-bond acceptors (Lipinski definition) is 4.